The van der Waals surface area contributed by atoms with Crippen LogP contribution in [0.4, 0.5) is 4.79 Å². The van der Waals surface area contributed by atoms with Crippen molar-refractivity contribution in [2.75, 3.05) is 39.6 Å². The lowest BCUT2D eigenvalue weighted by Gasteiger charge is -2.35. The minimum atomic E-state index is -4.15. The molecule has 2 aliphatic rings. The summed E-state index contributed by atoms with van der Waals surface area (Å²) in [7, 11) is -6.82. The van der Waals surface area contributed by atoms with Crippen molar-refractivity contribution in [3.8, 4) is 5.75 Å². The number of unbranched alkanes of at least 4 members (excludes halogenated alkanes) is 1. The van der Waals surface area contributed by atoms with Gasteiger partial charge in [0.1, 0.15) is 11.9 Å². The number of methoxy groups -OCH3 is 1. The molecule has 0 radical (unpaired) electrons. The van der Waals surface area contributed by atoms with Gasteiger partial charge < -0.3 is 39.2 Å². The Bertz CT molecular complexity index is 1450. The van der Waals surface area contributed by atoms with Gasteiger partial charge >= 0.3 is 13.7 Å². The number of carbonyl (C=O) groups excluding carboxylic acids is 1. The molecule has 2 aromatic rings. The molecule has 4 rings (SSSR count). The second kappa shape index (κ2) is 16.2. The summed E-state index contributed by atoms with van der Waals surface area (Å²) in [6.45, 7) is 4.11. The third kappa shape index (κ3) is 11.0. The first kappa shape index (κ1) is 37.3. The number of carbonyl (C=O) groups is 1. The van der Waals surface area contributed by atoms with Gasteiger partial charge in [-0.2, -0.15) is 4.31 Å². The van der Waals surface area contributed by atoms with E-state index in [1.165, 1.54) is 35.7 Å². The van der Waals surface area contributed by atoms with Crippen molar-refractivity contribution in [1.29, 1.82) is 0 Å². The number of amides is 1. The molecule has 2 aliphatic heterocycles. The summed E-state index contributed by atoms with van der Waals surface area (Å²) in [5, 5.41) is 14.4. The summed E-state index contributed by atoms with van der Waals surface area (Å²) >= 11 is 0. The molecular formula is C32H47N2O11PS. The van der Waals surface area contributed by atoms with E-state index < -0.39 is 53.7 Å². The van der Waals surface area contributed by atoms with Crippen molar-refractivity contribution >= 4 is 23.7 Å². The minimum absolute atomic E-state index is 0.000677. The molecule has 13 nitrogen and oxygen atoms in total. The highest BCUT2D eigenvalue weighted by Crippen LogP contribution is 2.37. The zero-order valence-corrected chi connectivity index (χ0v) is 28.8. The van der Waals surface area contributed by atoms with E-state index in [0.717, 1.165) is 5.56 Å². The molecule has 2 heterocycles. The highest BCUT2D eigenvalue weighted by Gasteiger charge is 2.44. The molecule has 5 atom stereocenters. The number of sulfonamides is 1. The van der Waals surface area contributed by atoms with Crippen molar-refractivity contribution < 1.29 is 51.6 Å². The topological polar surface area (TPSA) is 181 Å². The lowest BCUT2D eigenvalue weighted by Crippen LogP contribution is -2.52. The normalized spacial score (nSPS) is 21.3. The number of nitrogens with zero attached hydrogens (tertiary/aromatic N) is 1. The molecule has 2 fully saturated rings. The maximum atomic E-state index is 14.1. The summed E-state index contributed by atoms with van der Waals surface area (Å²) in [6.07, 6.45) is -1.12. The molecule has 262 valence electrons. The first-order chi connectivity index (χ1) is 22.2. The van der Waals surface area contributed by atoms with E-state index in [1.807, 2.05) is 44.2 Å². The van der Waals surface area contributed by atoms with Gasteiger partial charge in [-0.3, -0.25) is 4.57 Å². The number of hydrogen-bond donors (Lipinski definition) is 4. The zero-order chi connectivity index (χ0) is 34.2. The molecule has 0 aromatic heterocycles. The van der Waals surface area contributed by atoms with Crippen LogP contribution in [0.1, 0.15) is 45.1 Å². The van der Waals surface area contributed by atoms with Gasteiger partial charge in [0.05, 0.1) is 43.3 Å². The maximum absolute atomic E-state index is 14.1. The first-order valence-corrected chi connectivity index (χ1v) is 19.0. The van der Waals surface area contributed by atoms with Gasteiger partial charge in [-0.15, -0.1) is 0 Å². The largest absolute Gasteiger partial charge is 0.497 e. The van der Waals surface area contributed by atoms with Crippen molar-refractivity contribution in [2.24, 2.45) is 11.3 Å². The molecule has 0 aliphatic carbocycles. The summed E-state index contributed by atoms with van der Waals surface area (Å²) in [5.74, 6) is 0.405. The van der Waals surface area contributed by atoms with Gasteiger partial charge in [0.2, 0.25) is 10.0 Å². The van der Waals surface area contributed by atoms with Crippen LogP contribution < -0.4 is 10.1 Å². The Morgan fingerprint density at radius 2 is 1.81 bits per heavy atom. The molecule has 0 bridgehead atoms. The fourth-order valence-corrected chi connectivity index (χ4v) is 8.26. The number of aliphatic hydroxyl groups excluding tert-OH is 1. The molecular weight excluding hydrogens is 651 g/mol. The van der Waals surface area contributed by atoms with E-state index in [4.69, 9.17) is 18.9 Å². The van der Waals surface area contributed by atoms with E-state index in [2.05, 4.69) is 5.32 Å². The molecule has 2 saturated heterocycles. The summed E-state index contributed by atoms with van der Waals surface area (Å²) in [5.41, 5.74) is 0.193. The van der Waals surface area contributed by atoms with Crippen LogP contribution in [0.2, 0.25) is 0 Å². The molecule has 1 amide bonds. The Morgan fingerprint density at radius 3 is 2.47 bits per heavy atom. The Balaban J connectivity index is 1.54. The third-order valence-corrected chi connectivity index (χ3v) is 11.3. The van der Waals surface area contributed by atoms with Crippen LogP contribution >= 0.6 is 7.60 Å². The van der Waals surface area contributed by atoms with Gasteiger partial charge in [-0.25, -0.2) is 13.2 Å². The Labute approximate surface area is 276 Å². The number of ether oxygens (including phenoxy) is 4. The summed E-state index contributed by atoms with van der Waals surface area (Å²) < 4.78 is 62.7. The lowest BCUT2D eigenvalue weighted by atomic mass is 9.87. The molecule has 0 spiro atoms. The van der Waals surface area contributed by atoms with Crippen LogP contribution in [0, 0.1) is 11.3 Å². The highest BCUT2D eigenvalue weighted by molar-refractivity contribution is 7.89. The average molecular weight is 699 g/mol. The van der Waals surface area contributed by atoms with Crippen LogP contribution in [-0.4, -0.2) is 97.8 Å². The lowest BCUT2D eigenvalue weighted by molar-refractivity contribution is -0.0907. The van der Waals surface area contributed by atoms with E-state index in [1.54, 1.807) is 0 Å². The fourth-order valence-electron chi connectivity index (χ4n) is 5.98. The molecule has 5 unspecified atom stereocenters. The first-order valence-electron chi connectivity index (χ1n) is 15.8. The smallest absolute Gasteiger partial charge is 0.407 e. The average Bonchev–Trinajstić information content (AvgIpc) is 3.64. The Morgan fingerprint density at radius 1 is 1.11 bits per heavy atom. The third-order valence-electron chi connectivity index (χ3n) is 8.55. The van der Waals surface area contributed by atoms with Gasteiger partial charge in [0, 0.05) is 19.3 Å². The van der Waals surface area contributed by atoms with Crippen molar-refractivity contribution in [3.63, 3.8) is 0 Å². The van der Waals surface area contributed by atoms with Crippen molar-refractivity contribution in [1.82, 2.24) is 9.62 Å². The molecule has 4 N–H and O–H groups in total. The number of aliphatic hydroxyl groups is 1. The number of alkyl carbamates (subject to hydrolysis) is 1. The van der Waals surface area contributed by atoms with Crippen LogP contribution in [0.3, 0.4) is 0 Å². The van der Waals surface area contributed by atoms with Crippen LogP contribution in [0.25, 0.3) is 0 Å². The molecule has 47 heavy (non-hydrogen) atoms. The second-order valence-electron chi connectivity index (χ2n) is 13.0. The van der Waals surface area contributed by atoms with Crippen molar-refractivity contribution in [3.05, 3.63) is 60.2 Å². The standard InChI is InChI=1S/C32H47N2O11PS/c1-32(2,16-7-8-18-46(37,38)39)22-34(47(40,41)25-13-11-24(42-3)12-14-25)20-28(35)27(19-23-9-5-4-6-10-23)33-31(36)45-29-21-44-30-26(29)15-17-43-30/h4-6,9-14,26-30,35H,7-8,15-22H2,1-3H3,(H,33,36)(H2,37,38,39). The van der Waals surface area contributed by atoms with Gasteiger partial charge in [-0.1, -0.05) is 50.6 Å². The zero-order valence-electron chi connectivity index (χ0n) is 27.1. The predicted molar refractivity (Wildman–Crippen MR) is 173 cm³/mol. The van der Waals surface area contributed by atoms with E-state index in [-0.39, 0.29) is 49.5 Å². The number of fused-ring (bicyclic) bond motifs is 1. The fraction of sp³-hybridized carbons (Fsp3) is 0.594. The summed E-state index contributed by atoms with van der Waals surface area (Å²) in [4.78, 5) is 31.6. The number of rotatable bonds is 17. The van der Waals surface area contributed by atoms with Crippen LogP contribution in [-0.2, 0) is 35.2 Å². The quantitative estimate of drug-likeness (QED) is 0.140. The SMILES string of the molecule is COc1ccc(S(=O)(=O)N(CC(O)C(Cc2ccccc2)NC(=O)OC2COC3OCCC23)CC(C)(C)CCCCP(=O)(O)O)cc1. The molecule has 2 aromatic carbocycles. The maximum Gasteiger partial charge on any atom is 0.407 e. The summed E-state index contributed by atoms with van der Waals surface area (Å²) in [6, 6.07) is 14.3. The monoisotopic (exact) mass is 698 g/mol. The van der Waals surface area contributed by atoms with E-state index in [9.17, 15) is 32.7 Å². The Kier molecular flexibility index (Phi) is 12.9. The van der Waals surface area contributed by atoms with Gasteiger partial charge in [-0.05, 0) is 60.9 Å². The number of hydrogen-bond acceptors (Lipinski definition) is 9. The van der Waals surface area contributed by atoms with Gasteiger partial charge in [0.15, 0.2) is 6.29 Å². The molecule has 0 saturated carbocycles. The number of nitrogens with one attached hydrogen (secondary N) is 1. The van der Waals surface area contributed by atoms with Crippen LogP contribution in [0.15, 0.2) is 59.5 Å². The minimum Gasteiger partial charge on any atom is -0.497 e. The van der Waals surface area contributed by atoms with Crippen LogP contribution in [0.5, 0.6) is 5.75 Å². The van der Waals surface area contributed by atoms with E-state index in [0.29, 0.717) is 31.6 Å². The predicted octanol–water partition coefficient (Wildman–Crippen LogP) is 3.52. The van der Waals surface area contributed by atoms with Gasteiger partial charge in [0.25, 0.3) is 0 Å². The second-order valence-corrected chi connectivity index (χ2v) is 16.7. The van der Waals surface area contributed by atoms with Crippen molar-refractivity contribution in [2.45, 2.75) is 75.4 Å². The highest BCUT2D eigenvalue weighted by atomic mass is 32.2. The van der Waals surface area contributed by atoms with E-state index >= 15 is 0 Å². The Hall–Kier alpha value is -2.55. The molecule has 15 heteroatoms. The number of benzene rings is 2.